The summed E-state index contributed by atoms with van der Waals surface area (Å²) in [6.45, 7) is 1.22. The van der Waals surface area contributed by atoms with Crippen LogP contribution in [0.15, 0.2) is 53.4 Å². The first-order valence-electron chi connectivity index (χ1n) is 10.5. The van der Waals surface area contributed by atoms with Gasteiger partial charge in [0.1, 0.15) is 6.04 Å². The number of nitrogens with two attached hydrogens (primary N) is 1. The average molecular weight is 479 g/mol. The number of hydrogen-bond donors (Lipinski definition) is 3. The van der Waals surface area contributed by atoms with Crippen molar-refractivity contribution in [2.75, 3.05) is 19.6 Å². The molecule has 10 heteroatoms. The van der Waals surface area contributed by atoms with Crippen molar-refractivity contribution < 1.29 is 18.0 Å². The molecule has 3 rings (SSSR count). The van der Waals surface area contributed by atoms with Crippen LogP contribution in [0.4, 0.5) is 0 Å². The molecule has 0 saturated carbocycles. The monoisotopic (exact) mass is 478 g/mol. The van der Waals surface area contributed by atoms with Gasteiger partial charge in [0.05, 0.1) is 4.90 Å². The highest BCUT2D eigenvalue weighted by Gasteiger charge is 2.36. The highest BCUT2D eigenvalue weighted by Crippen LogP contribution is 2.26. The second-order valence-corrected chi connectivity index (χ2v) is 9.88. The standard InChI is InChI=1S/C22H27ClN4O4S/c23-18-8-10-19(11-9-18)32(30,31)27(20-3-1-2-13-25-22(20)29)15-16-4-6-17(7-5-16)21(28)26-14-12-24/h4-11,20H,1-3,12-15,24H2,(H,25,29)(H,26,28)/t20-/m1/s1. The van der Waals surface area contributed by atoms with Crippen LogP contribution in [0, 0.1) is 0 Å². The number of carbonyl (C=O) groups is 2. The summed E-state index contributed by atoms with van der Waals surface area (Å²) in [5, 5.41) is 5.92. The number of sulfonamides is 1. The quantitative estimate of drug-likeness (QED) is 0.534. The van der Waals surface area contributed by atoms with Crippen LogP contribution < -0.4 is 16.4 Å². The van der Waals surface area contributed by atoms with E-state index in [1.807, 2.05) is 0 Å². The van der Waals surface area contributed by atoms with E-state index < -0.39 is 16.1 Å². The van der Waals surface area contributed by atoms with Gasteiger partial charge in [0.15, 0.2) is 0 Å². The van der Waals surface area contributed by atoms with Crippen LogP contribution in [0.1, 0.15) is 35.2 Å². The maximum Gasteiger partial charge on any atom is 0.251 e. The van der Waals surface area contributed by atoms with Crippen molar-refractivity contribution in [3.8, 4) is 0 Å². The maximum absolute atomic E-state index is 13.5. The third-order valence-electron chi connectivity index (χ3n) is 5.26. The van der Waals surface area contributed by atoms with Crippen LogP contribution in [-0.2, 0) is 21.4 Å². The highest BCUT2D eigenvalue weighted by molar-refractivity contribution is 7.89. The van der Waals surface area contributed by atoms with Gasteiger partial charge in [-0.1, -0.05) is 23.7 Å². The lowest BCUT2D eigenvalue weighted by atomic mass is 10.1. The minimum Gasteiger partial charge on any atom is -0.355 e. The summed E-state index contributed by atoms with van der Waals surface area (Å²) in [5.74, 6) is -0.561. The second-order valence-electron chi connectivity index (χ2n) is 7.55. The summed E-state index contributed by atoms with van der Waals surface area (Å²) in [4.78, 5) is 24.9. The lowest BCUT2D eigenvalue weighted by Crippen LogP contribution is -2.48. The molecule has 2 aromatic carbocycles. The first-order valence-corrected chi connectivity index (χ1v) is 12.3. The van der Waals surface area contributed by atoms with Gasteiger partial charge in [0.2, 0.25) is 15.9 Å². The van der Waals surface area contributed by atoms with Gasteiger partial charge in [-0.05, 0) is 61.2 Å². The Morgan fingerprint density at radius 3 is 2.47 bits per heavy atom. The Hall–Kier alpha value is -2.46. The summed E-state index contributed by atoms with van der Waals surface area (Å²) in [5.41, 5.74) is 6.51. The third kappa shape index (κ3) is 5.86. The minimum atomic E-state index is -3.98. The Bertz CT molecular complexity index is 1040. The highest BCUT2D eigenvalue weighted by atomic mass is 35.5. The van der Waals surface area contributed by atoms with E-state index in [1.54, 1.807) is 24.3 Å². The molecular formula is C22H27ClN4O4S. The van der Waals surface area contributed by atoms with E-state index in [4.69, 9.17) is 17.3 Å². The van der Waals surface area contributed by atoms with Gasteiger partial charge in [-0.3, -0.25) is 9.59 Å². The van der Waals surface area contributed by atoms with Crippen LogP contribution in [0.2, 0.25) is 5.02 Å². The Morgan fingerprint density at radius 2 is 1.81 bits per heavy atom. The fourth-order valence-electron chi connectivity index (χ4n) is 3.53. The topological polar surface area (TPSA) is 122 Å². The van der Waals surface area contributed by atoms with Crippen molar-refractivity contribution in [1.82, 2.24) is 14.9 Å². The molecule has 2 aromatic rings. The van der Waals surface area contributed by atoms with E-state index in [0.29, 0.717) is 42.2 Å². The van der Waals surface area contributed by atoms with E-state index >= 15 is 0 Å². The predicted molar refractivity (Wildman–Crippen MR) is 123 cm³/mol. The fraction of sp³-hybridized carbons (Fsp3) is 0.364. The molecule has 1 fully saturated rings. The number of carbonyl (C=O) groups excluding carboxylic acids is 2. The predicted octanol–water partition coefficient (Wildman–Crippen LogP) is 1.89. The average Bonchev–Trinajstić information content (AvgIpc) is 3.00. The molecule has 8 nitrogen and oxygen atoms in total. The maximum atomic E-state index is 13.5. The third-order valence-corrected chi connectivity index (χ3v) is 7.38. The fourth-order valence-corrected chi connectivity index (χ4v) is 5.26. The number of rotatable bonds is 8. The lowest BCUT2D eigenvalue weighted by Gasteiger charge is -2.29. The Labute approximate surface area is 193 Å². The number of halogens is 1. The van der Waals surface area contributed by atoms with E-state index in [2.05, 4.69) is 10.6 Å². The molecule has 172 valence electrons. The zero-order valence-corrected chi connectivity index (χ0v) is 19.2. The van der Waals surface area contributed by atoms with Crippen molar-refractivity contribution in [2.45, 2.75) is 36.7 Å². The van der Waals surface area contributed by atoms with Crippen LogP contribution in [0.5, 0.6) is 0 Å². The van der Waals surface area contributed by atoms with Crippen LogP contribution in [-0.4, -0.2) is 50.2 Å². The molecule has 0 aromatic heterocycles. The molecule has 32 heavy (non-hydrogen) atoms. The summed E-state index contributed by atoms with van der Waals surface area (Å²) < 4.78 is 28.3. The minimum absolute atomic E-state index is 0.00620. The summed E-state index contributed by atoms with van der Waals surface area (Å²) >= 11 is 5.92. The first-order chi connectivity index (χ1) is 15.3. The Kier molecular flexibility index (Phi) is 8.25. The zero-order chi connectivity index (χ0) is 23.1. The molecule has 1 aliphatic heterocycles. The zero-order valence-electron chi connectivity index (χ0n) is 17.6. The number of nitrogens with zero attached hydrogens (tertiary/aromatic N) is 1. The molecule has 1 heterocycles. The lowest BCUT2D eigenvalue weighted by molar-refractivity contribution is -0.124. The summed E-state index contributed by atoms with van der Waals surface area (Å²) in [7, 11) is -3.98. The molecule has 0 unspecified atom stereocenters. The molecule has 1 saturated heterocycles. The molecule has 0 bridgehead atoms. The summed E-state index contributed by atoms with van der Waals surface area (Å²) in [6.07, 6.45) is 1.96. The van der Waals surface area contributed by atoms with Crippen molar-refractivity contribution in [3.05, 3.63) is 64.7 Å². The number of hydrogen-bond acceptors (Lipinski definition) is 5. The van der Waals surface area contributed by atoms with E-state index in [0.717, 1.165) is 12.8 Å². The van der Waals surface area contributed by atoms with Crippen molar-refractivity contribution >= 4 is 33.4 Å². The SMILES string of the molecule is NCCNC(=O)c1ccc(CN([C@@H]2CCCCNC2=O)S(=O)(=O)c2ccc(Cl)cc2)cc1. The molecule has 4 N–H and O–H groups in total. The van der Waals surface area contributed by atoms with Gasteiger partial charge in [-0.25, -0.2) is 8.42 Å². The smallest absolute Gasteiger partial charge is 0.251 e. The molecule has 0 spiro atoms. The largest absolute Gasteiger partial charge is 0.355 e. The first kappa shape index (κ1) is 24.2. The van der Waals surface area contributed by atoms with Gasteiger partial charge >= 0.3 is 0 Å². The number of benzene rings is 2. The number of amides is 2. The Morgan fingerprint density at radius 1 is 1.12 bits per heavy atom. The molecular weight excluding hydrogens is 452 g/mol. The van der Waals surface area contributed by atoms with Gasteiger partial charge in [0.25, 0.3) is 5.91 Å². The van der Waals surface area contributed by atoms with E-state index in [1.165, 1.54) is 28.6 Å². The van der Waals surface area contributed by atoms with E-state index in [9.17, 15) is 18.0 Å². The van der Waals surface area contributed by atoms with Crippen molar-refractivity contribution in [3.63, 3.8) is 0 Å². The molecule has 0 aliphatic carbocycles. The van der Waals surface area contributed by atoms with Crippen molar-refractivity contribution in [1.29, 1.82) is 0 Å². The normalized spacial score (nSPS) is 17.0. The molecule has 2 amide bonds. The van der Waals surface area contributed by atoms with Crippen molar-refractivity contribution in [2.24, 2.45) is 5.73 Å². The van der Waals surface area contributed by atoms with E-state index in [-0.39, 0.29) is 23.3 Å². The molecule has 0 radical (unpaired) electrons. The molecule has 1 aliphatic rings. The van der Waals surface area contributed by atoms with Gasteiger partial charge in [0, 0.05) is 36.8 Å². The van der Waals surface area contributed by atoms with Gasteiger partial charge in [-0.2, -0.15) is 4.31 Å². The van der Waals surface area contributed by atoms with Gasteiger partial charge < -0.3 is 16.4 Å². The van der Waals surface area contributed by atoms with Crippen LogP contribution >= 0.6 is 11.6 Å². The number of nitrogens with one attached hydrogen (secondary N) is 2. The molecule has 1 atom stereocenters. The van der Waals surface area contributed by atoms with Crippen LogP contribution in [0.3, 0.4) is 0 Å². The second kappa shape index (κ2) is 10.9. The van der Waals surface area contributed by atoms with Crippen LogP contribution in [0.25, 0.3) is 0 Å². The Balaban J connectivity index is 1.91. The summed E-state index contributed by atoms with van der Waals surface area (Å²) in [6, 6.07) is 11.7. The van der Waals surface area contributed by atoms with Gasteiger partial charge in [-0.15, -0.1) is 0 Å².